The molecule has 3 nitrogen and oxygen atoms in total. The number of carboxylic acid groups (broad SMARTS) is 1. The molecule has 0 aliphatic heterocycles. The zero-order valence-electron chi connectivity index (χ0n) is 6.92. The Bertz CT molecular complexity index is 424. The van der Waals surface area contributed by atoms with Crippen LogP contribution in [-0.2, 0) is 5.33 Å². The lowest BCUT2D eigenvalue weighted by atomic mass is 10.1. The molecule has 0 aliphatic carbocycles. The van der Waals surface area contributed by atoms with Crippen LogP contribution in [0, 0.1) is 11.3 Å². The third kappa shape index (κ3) is 2.14. The molecule has 0 aromatic heterocycles. The van der Waals surface area contributed by atoms with Crippen molar-refractivity contribution in [2.45, 2.75) is 5.33 Å². The lowest BCUT2D eigenvalue weighted by Gasteiger charge is -2.04. The predicted octanol–water partition coefficient (Wildman–Crippen LogP) is 2.91. The minimum atomic E-state index is -0.996. The van der Waals surface area contributed by atoms with Gasteiger partial charge in [0.15, 0.2) is 0 Å². The van der Waals surface area contributed by atoms with Crippen LogP contribution in [0.1, 0.15) is 21.5 Å². The Morgan fingerprint density at radius 3 is 2.64 bits per heavy atom. The van der Waals surface area contributed by atoms with Crippen LogP contribution in [0.3, 0.4) is 0 Å². The van der Waals surface area contributed by atoms with Crippen LogP contribution in [0.4, 0.5) is 0 Å². The number of hydrogen-bond acceptors (Lipinski definition) is 2. The molecule has 0 amide bonds. The van der Waals surface area contributed by atoms with Crippen molar-refractivity contribution in [3.8, 4) is 6.07 Å². The van der Waals surface area contributed by atoms with Gasteiger partial charge in [0.25, 0.3) is 0 Å². The van der Waals surface area contributed by atoms with E-state index in [1.54, 1.807) is 6.07 Å². The highest BCUT2D eigenvalue weighted by atomic mass is 79.9. The second-order valence-corrected chi connectivity index (χ2v) is 3.95. The summed E-state index contributed by atoms with van der Waals surface area (Å²) < 4.78 is 0.502. The molecular formula is C9H5Br2NO2. The summed E-state index contributed by atoms with van der Waals surface area (Å²) in [6.45, 7) is 0. The number of carboxylic acids is 1. The molecule has 0 saturated carbocycles. The van der Waals surface area contributed by atoms with Crippen molar-refractivity contribution in [3.05, 3.63) is 33.3 Å². The fourth-order valence-corrected chi connectivity index (χ4v) is 1.91. The highest BCUT2D eigenvalue weighted by Gasteiger charge is 2.12. The molecule has 0 spiro atoms. The summed E-state index contributed by atoms with van der Waals surface area (Å²) in [7, 11) is 0. The summed E-state index contributed by atoms with van der Waals surface area (Å²) in [5.41, 5.74) is 1.23. The van der Waals surface area contributed by atoms with Crippen LogP contribution in [0.15, 0.2) is 16.6 Å². The Hall–Kier alpha value is -0.860. The molecule has 1 rings (SSSR count). The van der Waals surface area contributed by atoms with Gasteiger partial charge in [-0.1, -0.05) is 15.9 Å². The first-order valence-corrected chi connectivity index (χ1v) is 5.53. The SMILES string of the molecule is N#Cc1cc(CBr)c(C(=O)O)cc1Br. The average molecular weight is 319 g/mol. The summed E-state index contributed by atoms with van der Waals surface area (Å²) in [6.07, 6.45) is 0. The van der Waals surface area contributed by atoms with Crippen molar-refractivity contribution in [2.24, 2.45) is 0 Å². The summed E-state index contributed by atoms with van der Waals surface area (Å²) >= 11 is 6.31. The maximum absolute atomic E-state index is 10.8. The number of alkyl halides is 1. The maximum Gasteiger partial charge on any atom is 0.336 e. The van der Waals surface area contributed by atoms with Crippen molar-refractivity contribution in [3.63, 3.8) is 0 Å². The molecule has 1 aromatic rings. The van der Waals surface area contributed by atoms with Gasteiger partial charge in [0.2, 0.25) is 0 Å². The quantitative estimate of drug-likeness (QED) is 0.853. The monoisotopic (exact) mass is 317 g/mol. The zero-order valence-corrected chi connectivity index (χ0v) is 10.1. The number of nitriles is 1. The highest BCUT2D eigenvalue weighted by Crippen LogP contribution is 2.23. The molecule has 5 heteroatoms. The molecular weight excluding hydrogens is 314 g/mol. The Balaban J connectivity index is 3.41. The molecule has 0 fully saturated rings. The number of nitrogens with zero attached hydrogens (tertiary/aromatic N) is 1. The topological polar surface area (TPSA) is 61.1 Å². The van der Waals surface area contributed by atoms with Crippen molar-refractivity contribution in [1.82, 2.24) is 0 Å². The van der Waals surface area contributed by atoms with Crippen LogP contribution < -0.4 is 0 Å². The molecule has 0 bridgehead atoms. The van der Waals surface area contributed by atoms with E-state index in [1.165, 1.54) is 6.07 Å². The molecule has 1 N–H and O–H groups in total. The van der Waals surface area contributed by atoms with Gasteiger partial charge in [-0.3, -0.25) is 0 Å². The molecule has 0 heterocycles. The third-order valence-corrected chi connectivity index (χ3v) is 2.95. The summed E-state index contributed by atoms with van der Waals surface area (Å²) in [5, 5.41) is 18.0. The van der Waals surface area contributed by atoms with Gasteiger partial charge >= 0.3 is 5.97 Å². The smallest absolute Gasteiger partial charge is 0.336 e. The first-order valence-electron chi connectivity index (χ1n) is 3.62. The third-order valence-electron chi connectivity index (χ3n) is 1.69. The molecule has 0 atom stereocenters. The van der Waals surface area contributed by atoms with Gasteiger partial charge in [-0.05, 0) is 33.6 Å². The van der Waals surface area contributed by atoms with Gasteiger partial charge in [0, 0.05) is 9.80 Å². The van der Waals surface area contributed by atoms with Gasteiger partial charge in [-0.25, -0.2) is 4.79 Å². The van der Waals surface area contributed by atoms with E-state index in [1.807, 2.05) is 6.07 Å². The van der Waals surface area contributed by atoms with E-state index in [9.17, 15) is 4.79 Å². The van der Waals surface area contributed by atoms with E-state index in [-0.39, 0.29) is 5.56 Å². The second kappa shape index (κ2) is 4.58. The van der Waals surface area contributed by atoms with Crippen molar-refractivity contribution in [2.75, 3.05) is 0 Å². The van der Waals surface area contributed by atoms with E-state index in [4.69, 9.17) is 10.4 Å². The predicted molar refractivity (Wildman–Crippen MR) is 58.4 cm³/mol. The molecule has 0 radical (unpaired) electrons. The molecule has 72 valence electrons. The Kier molecular flexibility index (Phi) is 3.67. The molecule has 0 aliphatic rings. The van der Waals surface area contributed by atoms with Gasteiger partial charge in [-0.15, -0.1) is 0 Å². The van der Waals surface area contributed by atoms with Crippen LogP contribution in [0.5, 0.6) is 0 Å². The number of aromatic carboxylic acids is 1. The number of carbonyl (C=O) groups is 1. The van der Waals surface area contributed by atoms with Crippen molar-refractivity contribution >= 4 is 37.8 Å². The van der Waals surface area contributed by atoms with Gasteiger partial charge in [-0.2, -0.15) is 5.26 Å². The largest absolute Gasteiger partial charge is 0.478 e. The van der Waals surface area contributed by atoms with Crippen LogP contribution in [0.2, 0.25) is 0 Å². The first kappa shape index (κ1) is 11.2. The Morgan fingerprint density at radius 2 is 2.21 bits per heavy atom. The second-order valence-electron chi connectivity index (χ2n) is 2.54. The lowest BCUT2D eigenvalue weighted by Crippen LogP contribution is -2.02. The van der Waals surface area contributed by atoms with Crippen LogP contribution >= 0.6 is 31.9 Å². The van der Waals surface area contributed by atoms with Gasteiger partial charge in [0.1, 0.15) is 6.07 Å². The summed E-state index contributed by atoms with van der Waals surface area (Å²) in [5.74, 6) is -0.996. The minimum absolute atomic E-state index is 0.202. The Labute approximate surface area is 97.6 Å². The van der Waals surface area contributed by atoms with Crippen molar-refractivity contribution < 1.29 is 9.90 Å². The minimum Gasteiger partial charge on any atom is -0.478 e. The summed E-state index contributed by atoms with van der Waals surface area (Å²) in [6, 6.07) is 4.98. The number of halogens is 2. The number of benzene rings is 1. The average Bonchev–Trinajstić information content (AvgIpc) is 2.17. The molecule has 1 aromatic carbocycles. The van der Waals surface area contributed by atoms with E-state index in [0.717, 1.165) is 0 Å². The van der Waals surface area contributed by atoms with Crippen LogP contribution in [-0.4, -0.2) is 11.1 Å². The standard InChI is InChI=1S/C9H5Br2NO2/c10-3-5-1-6(4-12)8(11)2-7(5)9(13)14/h1-2H,3H2,(H,13,14). The zero-order chi connectivity index (χ0) is 10.7. The molecule has 0 unspecified atom stereocenters. The van der Waals surface area contributed by atoms with E-state index in [2.05, 4.69) is 31.9 Å². The van der Waals surface area contributed by atoms with E-state index >= 15 is 0 Å². The fraction of sp³-hybridized carbons (Fsp3) is 0.111. The lowest BCUT2D eigenvalue weighted by molar-refractivity contribution is 0.0696. The van der Waals surface area contributed by atoms with Crippen LogP contribution in [0.25, 0.3) is 0 Å². The van der Waals surface area contributed by atoms with Gasteiger partial charge in [0.05, 0.1) is 11.1 Å². The molecule has 0 saturated heterocycles. The first-order chi connectivity index (χ1) is 6.60. The number of hydrogen-bond donors (Lipinski definition) is 1. The van der Waals surface area contributed by atoms with E-state index in [0.29, 0.717) is 20.9 Å². The van der Waals surface area contributed by atoms with E-state index < -0.39 is 5.97 Å². The number of rotatable bonds is 2. The highest BCUT2D eigenvalue weighted by molar-refractivity contribution is 9.10. The van der Waals surface area contributed by atoms with Gasteiger partial charge < -0.3 is 5.11 Å². The Morgan fingerprint density at radius 1 is 1.57 bits per heavy atom. The molecule has 14 heavy (non-hydrogen) atoms. The maximum atomic E-state index is 10.8. The summed E-state index contributed by atoms with van der Waals surface area (Å²) in [4.78, 5) is 10.8. The fourth-order valence-electron chi connectivity index (χ4n) is 1.01. The van der Waals surface area contributed by atoms with Crippen molar-refractivity contribution in [1.29, 1.82) is 5.26 Å². The normalized spacial score (nSPS) is 9.50.